The van der Waals surface area contributed by atoms with E-state index in [0.717, 1.165) is 26.1 Å². The van der Waals surface area contributed by atoms with Gasteiger partial charge in [-0.15, -0.1) is 0 Å². The van der Waals surface area contributed by atoms with Crippen molar-refractivity contribution < 1.29 is 13.9 Å². The monoisotopic (exact) mass is 264 g/mol. The standard InChI is InChI=1S/C14H17FN2O2/c1-19-13-3-2-9(6-11(13)15)14(18)17-5-4-10-7-16-8-12(10)17/h2-3,6,10,12,16H,4-5,7-8H2,1H3/t10-,12+/m0/s1. The number of amides is 1. The van der Waals surface area contributed by atoms with E-state index >= 15 is 0 Å². The Labute approximate surface area is 111 Å². The zero-order valence-electron chi connectivity index (χ0n) is 10.9. The zero-order valence-corrected chi connectivity index (χ0v) is 10.9. The van der Waals surface area contributed by atoms with Crippen LogP contribution in [0.1, 0.15) is 16.8 Å². The van der Waals surface area contributed by atoms with Crippen LogP contribution < -0.4 is 10.1 Å². The number of benzene rings is 1. The molecule has 0 spiro atoms. The highest BCUT2D eigenvalue weighted by atomic mass is 19.1. The summed E-state index contributed by atoms with van der Waals surface area (Å²) in [5, 5.41) is 3.30. The molecule has 2 heterocycles. The second-order valence-electron chi connectivity index (χ2n) is 5.12. The highest BCUT2D eigenvalue weighted by Gasteiger charge is 2.40. The van der Waals surface area contributed by atoms with Crippen molar-refractivity contribution in [1.82, 2.24) is 10.2 Å². The number of likely N-dealkylation sites (tertiary alicyclic amines) is 1. The fourth-order valence-corrected chi connectivity index (χ4v) is 3.07. The van der Waals surface area contributed by atoms with Gasteiger partial charge in [0.05, 0.1) is 7.11 Å². The zero-order chi connectivity index (χ0) is 13.4. The molecule has 0 bridgehead atoms. The van der Waals surface area contributed by atoms with Crippen molar-refractivity contribution in [3.63, 3.8) is 0 Å². The Morgan fingerprint density at radius 2 is 2.32 bits per heavy atom. The lowest BCUT2D eigenvalue weighted by molar-refractivity contribution is 0.0736. The minimum atomic E-state index is -0.492. The SMILES string of the molecule is COc1ccc(C(=O)N2CC[C@H]3CNC[C@H]32)cc1F. The molecule has 0 radical (unpaired) electrons. The molecule has 0 saturated carbocycles. The van der Waals surface area contributed by atoms with Gasteiger partial charge in [-0.25, -0.2) is 4.39 Å². The van der Waals surface area contributed by atoms with Gasteiger partial charge in [0.15, 0.2) is 11.6 Å². The van der Waals surface area contributed by atoms with Crippen LogP contribution in [0.15, 0.2) is 18.2 Å². The Hall–Kier alpha value is -1.62. The average Bonchev–Trinajstić information content (AvgIpc) is 3.00. The van der Waals surface area contributed by atoms with Crippen molar-refractivity contribution in [3.05, 3.63) is 29.6 Å². The molecule has 0 aromatic heterocycles. The third kappa shape index (κ3) is 2.08. The van der Waals surface area contributed by atoms with Crippen LogP contribution in [0.2, 0.25) is 0 Å². The Bertz CT molecular complexity index is 506. The first kappa shape index (κ1) is 12.4. The molecular formula is C14H17FN2O2. The van der Waals surface area contributed by atoms with Crippen molar-refractivity contribution in [2.24, 2.45) is 5.92 Å². The van der Waals surface area contributed by atoms with E-state index < -0.39 is 5.82 Å². The van der Waals surface area contributed by atoms with Crippen LogP contribution in [0.25, 0.3) is 0 Å². The molecule has 2 fully saturated rings. The van der Waals surface area contributed by atoms with Crippen molar-refractivity contribution in [1.29, 1.82) is 0 Å². The van der Waals surface area contributed by atoms with Crippen LogP contribution in [0.5, 0.6) is 5.75 Å². The van der Waals surface area contributed by atoms with Gasteiger partial charge in [-0.3, -0.25) is 4.79 Å². The van der Waals surface area contributed by atoms with E-state index in [4.69, 9.17) is 4.74 Å². The predicted octanol–water partition coefficient (Wildman–Crippen LogP) is 1.27. The van der Waals surface area contributed by atoms with Gasteiger partial charge < -0.3 is 15.0 Å². The summed E-state index contributed by atoms with van der Waals surface area (Å²) < 4.78 is 18.5. The van der Waals surface area contributed by atoms with Crippen LogP contribution in [-0.2, 0) is 0 Å². The summed E-state index contributed by atoms with van der Waals surface area (Å²) in [6.45, 7) is 2.59. The van der Waals surface area contributed by atoms with Crippen molar-refractivity contribution in [2.75, 3.05) is 26.7 Å². The first-order chi connectivity index (χ1) is 9.20. The molecule has 2 atom stereocenters. The minimum Gasteiger partial charge on any atom is -0.494 e. The van der Waals surface area contributed by atoms with E-state index in [1.807, 2.05) is 4.90 Å². The fraction of sp³-hybridized carbons (Fsp3) is 0.500. The van der Waals surface area contributed by atoms with Crippen molar-refractivity contribution >= 4 is 5.91 Å². The fourth-order valence-electron chi connectivity index (χ4n) is 3.07. The Kier molecular flexibility index (Phi) is 3.14. The molecule has 3 rings (SSSR count). The normalized spacial score (nSPS) is 25.5. The topological polar surface area (TPSA) is 41.6 Å². The summed E-state index contributed by atoms with van der Waals surface area (Å²) in [6, 6.07) is 4.65. The second kappa shape index (κ2) is 4.81. The molecule has 1 N–H and O–H groups in total. The lowest BCUT2D eigenvalue weighted by atomic mass is 10.0. The van der Waals surface area contributed by atoms with Crippen LogP contribution >= 0.6 is 0 Å². The lowest BCUT2D eigenvalue weighted by Crippen LogP contribution is -2.39. The maximum atomic E-state index is 13.7. The Morgan fingerprint density at radius 1 is 1.47 bits per heavy atom. The number of carbonyl (C=O) groups excluding carboxylic acids is 1. The number of hydrogen-bond donors (Lipinski definition) is 1. The van der Waals surface area contributed by atoms with E-state index in [1.54, 1.807) is 6.07 Å². The molecule has 19 heavy (non-hydrogen) atoms. The molecule has 1 aromatic carbocycles. The lowest BCUT2D eigenvalue weighted by Gasteiger charge is -2.23. The van der Waals surface area contributed by atoms with Crippen LogP contribution in [0.4, 0.5) is 4.39 Å². The number of fused-ring (bicyclic) bond motifs is 1. The first-order valence-corrected chi connectivity index (χ1v) is 6.56. The second-order valence-corrected chi connectivity index (χ2v) is 5.12. The van der Waals surface area contributed by atoms with Gasteiger partial charge in [-0.05, 0) is 30.5 Å². The molecule has 1 amide bonds. The maximum Gasteiger partial charge on any atom is 0.254 e. The number of ether oxygens (including phenoxy) is 1. The maximum absolute atomic E-state index is 13.7. The van der Waals surface area contributed by atoms with E-state index in [-0.39, 0.29) is 17.7 Å². The third-order valence-electron chi connectivity index (χ3n) is 4.10. The summed E-state index contributed by atoms with van der Waals surface area (Å²) in [5.41, 5.74) is 0.394. The molecule has 0 unspecified atom stereocenters. The minimum absolute atomic E-state index is 0.0854. The number of carbonyl (C=O) groups is 1. The van der Waals surface area contributed by atoms with Gasteiger partial charge in [0.2, 0.25) is 0 Å². The molecule has 102 valence electrons. The molecule has 2 saturated heterocycles. The molecule has 4 nitrogen and oxygen atoms in total. The Morgan fingerprint density at radius 3 is 3.05 bits per heavy atom. The third-order valence-corrected chi connectivity index (χ3v) is 4.10. The smallest absolute Gasteiger partial charge is 0.254 e. The van der Waals surface area contributed by atoms with Crippen LogP contribution in [0, 0.1) is 11.7 Å². The Balaban J connectivity index is 1.82. The summed E-state index contributed by atoms with van der Waals surface area (Å²) in [7, 11) is 1.41. The van der Waals surface area contributed by atoms with Crippen molar-refractivity contribution in [2.45, 2.75) is 12.5 Å². The van der Waals surface area contributed by atoms with Gasteiger partial charge in [-0.2, -0.15) is 0 Å². The number of rotatable bonds is 2. The van der Waals surface area contributed by atoms with Crippen LogP contribution in [-0.4, -0.2) is 43.6 Å². The highest BCUT2D eigenvalue weighted by Crippen LogP contribution is 2.29. The van der Waals surface area contributed by atoms with E-state index in [1.165, 1.54) is 19.2 Å². The highest BCUT2D eigenvalue weighted by molar-refractivity contribution is 5.94. The summed E-state index contributed by atoms with van der Waals surface area (Å²) in [4.78, 5) is 14.3. The number of methoxy groups -OCH3 is 1. The van der Waals surface area contributed by atoms with E-state index in [2.05, 4.69) is 5.32 Å². The number of nitrogens with zero attached hydrogens (tertiary/aromatic N) is 1. The van der Waals surface area contributed by atoms with Gasteiger partial charge >= 0.3 is 0 Å². The largest absolute Gasteiger partial charge is 0.494 e. The van der Waals surface area contributed by atoms with Gasteiger partial charge in [0.1, 0.15) is 0 Å². The van der Waals surface area contributed by atoms with Gasteiger partial charge in [0, 0.05) is 31.2 Å². The van der Waals surface area contributed by atoms with Crippen LogP contribution in [0.3, 0.4) is 0 Å². The molecular weight excluding hydrogens is 247 g/mol. The van der Waals surface area contributed by atoms with Gasteiger partial charge in [0.25, 0.3) is 5.91 Å². The predicted molar refractivity (Wildman–Crippen MR) is 68.8 cm³/mol. The molecule has 1 aromatic rings. The summed E-state index contributed by atoms with van der Waals surface area (Å²) in [6.07, 6.45) is 1.03. The number of hydrogen-bond acceptors (Lipinski definition) is 3. The summed E-state index contributed by atoms with van der Waals surface area (Å²) >= 11 is 0. The molecule has 5 heteroatoms. The van der Waals surface area contributed by atoms with E-state index in [9.17, 15) is 9.18 Å². The molecule has 2 aliphatic rings. The van der Waals surface area contributed by atoms with Gasteiger partial charge in [-0.1, -0.05) is 0 Å². The number of nitrogens with one attached hydrogen (secondary N) is 1. The van der Waals surface area contributed by atoms with Crippen molar-refractivity contribution in [3.8, 4) is 5.75 Å². The first-order valence-electron chi connectivity index (χ1n) is 6.56. The average molecular weight is 264 g/mol. The molecule has 0 aliphatic carbocycles. The van der Waals surface area contributed by atoms with E-state index in [0.29, 0.717) is 11.5 Å². The molecule has 2 aliphatic heterocycles. The quantitative estimate of drug-likeness (QED) is 0.874. The summed E-state index contributed by atoms with van der Waals surface area (Å²) in [5.74, 6) is 0.136. The number of halogens is 1.